The van der Waals surface area contributed by atoms with Crippen LogP contribution in [0, 0.1) is 5.41 Å². The molecule has 0 aromatic heterocycles. The van der Waals surface area contributed by atoms with Gasteiger partial charge >= 0.3 is 0 Å². The molecule has 0 spiro atoms. The van der Waals surface area contributed by atoms with Gasteiger partial charge in [0.05, 0.1) is 5.60 Å². The molecule has 0 heterocycles. The third kappa shape index (κ3) is 3.37. The number of amides is 1. The Morgan fingerprint density at radius 1 is 1.50 bits per heavy atom. The highest BCUT2D eigenvalue weighted by molar-refractivity contribution is 5.85. The second-order valence-corrected chi connectivity index (χ2v) is 6.00. The van der Waals surface area contributed by atoms with E-state index in [2.05, 4.69) is 26.1 Å². The van der Waals surface area contributed by atoms with Crippen LogP contribution in [0.1, 0.15) is 47.0 Å². The fraction of sp³-hybridized carbons (Fsp3) is 0.923. The zero-order valence-electron chi connectivity index (χ0n) is 12.1. The molecule has 1 aliphatic rings. The lowest BCUT2D eigenvalue weighted by atomic mass is 9.56. The summed E-state index contributed by atoms with van der Waals surface area (Å²) in [7, 11) is 1.73. The van der Waals surface area contributed by atoms with Crippen LogP contribution in [0.4, 0.5) is 0 Å². The van der Waals surface area contributed by atoms with E-state index in [9.17, 15) is 4.79 Å². The Morgan fingerprint density at radius 3 is 2.44 bits per heavy atom. The van der Waals surface area contributed by atoms with Gasteiger partial charge in [-0.1, -0.05) is 13.8 Å². The Kier molecular flexibility index (Phi) is 6.11. The second-order valence-electron chi connectivity index (χ2n) is 6.00. The number of carbonyl (C=O) groups is 1. The molecule has 18 heavy (non-hydrogen) atoms. The molecule has 1 aliphatic carbocycles. The molecule has 1 amide bonds. The summed E-state index contributed by atoms with van der Waals surface area (Å²) in [5.41, 5.74) is 5.48. The fourth-order valence-corrected chi connectivity index (χ4v) is 2.35. The first-order valence-corrected chi connectivity index (χ1v) is 6.33. The molecule has 108 valence electrons. The summed E-state index contributed by atoms with van der Waals surface area (Å²) in [5.74, 6) is 0.0959. The summed E-state index contributed by atoms with van der Waals surface area (Å²) in [6.07, 6.45) is 2.12. The van der Waals surface area contributed by atoms with Crippen molar-refractivity contribution in [3.05, 3.63) is 0 Å². The van der Waals surface area contributed by atoms with Gasteiger partial charge in [-0.25, -0.2) is 0 Å². The molecule has 1 saturated carbocycles. The molecule has 3 atom stereocenters. The van der Waals surface area contributed by atoms with E-state index >= 15 is 0 Å². The molecule has 3 unspecified atom stereocenters. The summed E-state index contributed by atoms with van der Waals surface area (Å²) in [4.78, 5) is 11.7. The molecule has 0 aromatic rings. The zero-order valence-corrected chi connectivity index (χ0v) is 12.9. The Bertz CT molecular complexity index is 295. The molecular weight excluding hydrogens is 252 g/mol. The number of nitrogens with two attached hydrogens (primary N) is 1. The fourth-order valence-electron chi connectivity index (χ4n) is 2.35. The number of rotatable bonds is 5. The monoisotopic (exact) mass is 278 g/mol. The molecule has 0 bridgehead atoms. The van der Waals surface area contributed by atoms with Gasteiger partial charge in [0.15, 0.2) is 0 Å². The average Bonchev–Trinajstić information content (AvgIpc) is 2.25. The molecule has 1 rings (SSSR count). The second kappa shape index (κ2) is 6.22. The molecular formula is C13H27ClN2O2. The molecule has 0 radical (unpaired) electrons. The smallest absolute Gasteiger partial charge is 0.220 e. The van der Waals surface area contributed by atoms with Crippen LogP contribution in [0.3, 0.4) is 0 Å². The number of hydrogen-bond acceptors (Lipinski definition) is 3. The number of hydrogen-bond donors (Lipinski definition) is 2. The van der Waals surface area contributed by atoms with Crippen molar-refractivity contribution in [2.75, 3.05) is 7.11 Å². The minimum atomic E-state index is -0.133. The van der Waals surface area contributed by atoms with Gasteiger partial charge < -0.3 is 15.8 Å². The van der Waals surface area contributed by atoms with E-state index in [1.165, 1.54) is 0 Å². The van der Waals surface area contributed by atoms with Gasteiger partial charge in [0.1, 0.15) is 0 Å². The highest BCUT2D eigenvalue weighted by Crippen LogP contribution is 2.51. The quantitative estimate of drug-likeness (QED) is 0.807. The normalized spacial score (nSPS) is 30.9. The average molecular weight is 279 g/mol. The zero-order chi connectivity index (χ0) is 13.3. The lowest BCUT2D eigenvalue weighted by molar-refractivity contribution is -0.182. The van der Waals surface area contributed by atoms with Crippen LogP contribution in [-0.4, -0.2) is 30.7 Å². The molecule has 1 fully saturated rings. The van der Waals surface area contributed by atoms with Crippen molar-refractivity contribution in [2.24, 2.45) is 11.1 Å². The highest BCUT2D eigenvalue weighted by atomic mass is 35.5. The van der Waals surface area contributed by atoms with Gasteiger partial charge in [-0.15, -0.1) is 12.4 Å². The molecule has 0 saturated heterocycles. The van der Waals surface area contributed by atoms with Crippen molar-refractivity contribution in [1.82, 2.24) is 5.32 Å². The van der Waals surface area contributed by atoms with Crippen LogP contribution < -0.4 is 11.1 Å². The summed E-state index contributed by atoms with van der Waals surface area (Å²) < 4.78 is 5.53. The standard InChI is InChI=1S/C13H26N2O2.ClH/c1-9(14)6-7-11(16)15-10-8-13(4,17-5)12(10,2)3;/h9-10H,6-8,14H2,1-5H3,(H,15,16);1H. The first-order valence-electron chi connectivity index (χ1n) is 6.33. The summed E-state index contributed by atoms with van der Waals surface area (Å²) >= 11 is 0. The Morgan fingerprint density at radius 2 is 2.06 bits per heavy atom. The van der Waals surface area contributed by atoms with Crippen molar-refractivity contribution in [1.29, 1.82) is 0 Å². The number of carbonyl (C=O) groups excluding carboxylic acids is 1. The van der Waals surface area contributed by atoms with Gasteiger partial charge in [0.2, 0.25) is 5.91 Å². The van der Waals surface area contributed by atoms with Crippen molar-refractivity contribution in [2.45, 2.75) is 64.6 Å². The van der Waals surface area contributed by atoms with Crippen molar-refractivity contribution < 1.29 is 9.53 Å². The van der Waals surface area contributed by atoms with Crippen LogP contribution in [-0.2, 0) is 9.53 Å². The van der Waals surface area contributed by atoms with E-state index in [-0.39, 0.29) is 41.4 Å². The number of nitrogens with one attached hydrogen (secondary N) is 1. The maximum absolute atomic E-state index is 11.7. The summed E-state index contributed by atoms with van der Waals surface area (Å²) in [6.45, 7) is 8.28. The van der Waals surface area contributed by atoms with Crippen molar-refractivity contribution >= 4 is 18.3 Å². The maximum atomic E-state index is 11.7. The molecule has 0 aliphatic heterocycles. The van der Waals surface area contributed by atoms with Crippen LogP contribution in [0.2, 0.25) is 0 Å². The summed E-state index contributed by atoms with van der Waals surface area (Å²) in [6, 6.07) is 0.285. The van der Waals surface area contributed by atoms with Gasteiger partial charge in [0, 0.05) is 31.0 Å². The molecule has 3 N–H and O–H groups in total. The highest BCUT2D eigenvalue weighted by Gasteiger charge is 2.58. The molecule has 5 heteroatoms. The molecule has 4 nitrogen and oxygen atoms in total. The van der Waals surface area contributed by atoms with Gasteiger partial charge in [-0.05, 0) is 26.7 Å². The topological polar surface area (TPSA) is 64.3 Å². The van der Waals surface area contributed by atoms with Gasteiger partial charge in [-0.3, -0.25) is 4.79 Å². The molecule has 0 aromatic carbocycles. The van der Waals surface area contributed by atoms with E-state index in [1.54, 1.807) is 7.11 Å². The Labute approximate surface area is 116 Å². The van der Waals surface area contributed by atoms with E-state index in [0.29, 0.717) is 6.42 Å². The minimum absolute atomic E-state index is 0. The van der Waals surface area contributed by atoms with Gasteiger partial charge in [0.25, 0.3) is 0 Å². The Balaban J connectivity index is 0.00000289. The van der Waals surface area contributed by atoms with Crippen molar-refractivity contribution in [3.8, 4) is 0 Å². The first kappa shape index (κ1) is 17.7. The summed E-state index contributed by atoms with van der Waals surface area (Å²) in [5, 5.41) is 3.08. The third-order valence-corrected chi connectivity index (χ3v) is 4.44. The SMILES string of the molecule is COC1(C)CC(NC(=O)CCC(C)N)C1(C)C.Cl. The van der Waals surface area contributed by atoms with E-state index in [0.717, 1.165) is 12.8 Å². The Hall–Kier alpha value is -0.320. The maximum Gasteiger partial charge on any atom is 0.220 e. The van der Waals surface area contributed by atoms with Crippen LogP contribution in [0.5, 0.6) is 0 Å². The number of halogens is 1. The van der Waals surface area contributed by atoms with Crippen LogP contribution in [0.25, 0.3) is 0 Å². The lowest BCUT2D eigenvalue weighted by Gasteiger charge is -2.59. The van der Waals surface area contributed by atoms with E-state index < -0.39 is 0 Å². The van der Waals surface area contributed by atoms with Crippen LogP contribution >= 0.6 is 12.4 Å². The first-order chi connectivity index (χ1) is 7.73. The van der Waals surface area contributed by atoms with E-state index in [1.807, 2.05) is 6.92 Å². The number of methoxy groups -OCH3 is 1. The predicted molar refractivity (Wildman–Crippen MR) is 75.9 cm³/mol. The lowest BCUT2D eigenvalue weighted by Crippen LogP contribution is -2.68. The number of ether oxygens (including phenoxy) is 1. The van der Waals surface area contributed by atoms with E-state index in [4.69, 9.17) is 10.5 Å². The predicted octanol–water partition coefficient (Wildman–Crippen LogP) is 1.86. The largest absolute Gasteiger partial charge is 0.378 e. The third-order valence-electron chi connectivity index (χ3n) is 4.44. The van der Waals surface area contributed by atoms with Gasteiger partial charge in [-0.2, -0.15) is 0 Å². The minimum Gasteiger partial charge on any atom is -0.378 e. The van der Waals surface area contributed by atoms with Crippen LogP contribution in [0.15, 0.2) is 0 Å². The van der Waals surface area contributed by atoms with Crippen molar-refractivity contribution in [3.63, 3.8) is 0 Å².